The molecule has 0 heterocycles. The Balaban J connectivity index is 0. The Bertz CT molecular complexity index is 482. The Morgan fingerprint density at radius 3 is 1.42 bits per heavy atom. The van der Waals surface area contributed by atoms with E-state index in [0.29, 0.717) is 0 Å². The van der Waals surface area contributed by atoms with Crippen LogP contribution < -0.4 is 0 Å². The summed E-state index contributed by atoms with van der Waals surface area (Å²) in [5, 5.41) is 14.8. The van der Waals surface area contributed by atoms with Crippen LogP contribution in [-0.2, 0) is 19.7 Å². The van der Waals surface area contributed by atoms with E-state index >= 15 is 0 Å². The highest BCUT2D eigenvalue weighted by molar-refractivity contribution is 7.85. The van der Waals surface area contributed by atoms with Crippen molar-refractivity contribution >= 4 is 22.1 Å². The van der Waals surface area contributed by atoms with Crippen LogP contribution in [0.5, 0.6) is 0 Å². The first-order valence-corrected chi connectivity index (χ1v) is 6.34. The fourth-order valence-electron chi connectivity index (χ4n) is 0.710. The Morgan fingerprint density at radius 1 is 0.947 bits per heavy atom. The molecule has 1 rings (SSSR count). The molecule has 0 atom stereocenters. The molecule has 7 nitrogen and oxygen atoms in total. The highest BCUT2D eigenvalue weighted by Gasteiger charge is 2.06. The minimum absolute atomic E-state index is 0.0666. The monoisotopic (exact) mass is 292 g/mol. The van der Waals surface area contributed by atoms with E-state index in [1.165, 1.54) is 12.1 Å². The van der Waals surface area contributed by atoms with E-state index in [1.54, 1.807) is 12.1 Å². The summed E-state index contributed by atoms with van der Waals surface area (Å²) in [7, 11) is -4.02. The van der Waals surface area contributed by atoms with Gasteiger partial charge in [-0.05, 0) is 19.1 Å². The fraction of sp³-hybridized carbons (Fsp3) is 0.273. The maximum absolute atomic E-state index is 10.5. The van der Waals surface area contributed by atoms with Gasteiger partial charge in [-0.25, -0.2) is 0 Å². The zero-order chi connectivity index (χ0) is 15.6. The summed E-state index contributed by atoms with van der Waals surface area (Å²) in [5.74, 6) is -1.67. The van der Waals surface area contributed by atoms with E-state index in [0.717, 1.165) is 19.4 Å². The second-order valence-electron chi connectivity index (χ2n) is 3.33. The molecule has 0 fully saturated rings. The molecule has 0 amide bonds. The quantitative estimate of drug-likeness (QED) is 0.667. The third-order valence-electron chi connectivity index (χ3n) is 1.32. The zero-order valence-corrected chi connectivity index (χ0v) is 11.5. The first-order chi connectivity index (χ1) is 8.46. The van der Waals surface area contributed by atoms with Crippen LogP contribution in [0.4, 0.5) is 0 Å². The molecule has 19 heavy (non-hydrogen) atoms. The molecule has 0 unspecified atom stereocenters. The average Bonchev–Trinajstić information content (AvgIpc) is 2.14. The summed E-state index contributed by atoms with van der Waals surface area (Å²) in [5.41, 5.74) is 0.956. The van der Waals surface area contributed by atoms with Gasteiger partial charge >= 0.3 is 0 Å². The van der Waals surface area contributed by atoms with Gasteiger partial charge in [0.15, 0.2) is 0 Å². The zero-order valence-electron chi connectivity index (χ0n) is 10.7. The summed E-state index contributed by atoms with van der Waals surface area (Å²) in [4.78, 5) is 17.9. The summed E-state index contributed by atoms with van der Waals surface area (Å²) in [6.45, 7) is 4.01. The summed E-state index contributed by atoms with van der Waals surface area (Å²) in [6, 6.07) is 5.99. The van der Waals surface area contributed by atoms with Crippen LogP contribution in [0.25, 0.3) is 0 Å². The molecule has 8 heteroatoms. The summed E-state index contributed by atoms with van der Waals surface area (Å²) in [6.07, 6.45) is 0. The molecule has 0 aliphatic rings. The van der Waals surface area contributed by atoms with Crippen molar-refractivity contribution < 1.29 is 32.8 Å². The van der Waals surface area contributed by atoms with Crippen LogP contribution >= 0.6 is 0 Å². The van der Waals surface area contributed by atoms with Crippen molar-refractivity contribution in [2.24, 2.45) is 0 Å². The van der Waals surface area contributed by atoms with Gasteiger partial charge in [0, 0.05) is 13.8 Å². The number of hydrogen-bond acceptors (Lipinski definition) is 4. The van der Waals surface area contributed by atoms with Gasteiger partial charge < -0.3 is 10.2 Å². The van der Waals surface area contributed by atoms with Crippen molar-refractivity contribution in [2.45, 2.75) is 25.7 Å². The van der Waals surface area contributed by atoms with E-state index in [2.05, 4.69) is 0 Å². The lowest BCUT2D eigenvalue weighted by molar-refractivity contribution is -0.135. The number of benzene rings is 1. The molecule has 0 aliphatic heterocycles. The van der Waals surface area contributed by atoms with E-state index in [-0.39, 0.29) is 4.90 Å². The maximum atomic E-state index is 10.5. The van der Waals surface area contributed by atoms with Crippen molar-refractivity contribution in [3.8, 4) is 0 Å². The van der Waals surface area contributed by atoms with Gasteiger partial charge in [-0.3, -0.25) is 14.1 Å². The smallest absolute Gasteiger partial charge is 0.300 e. The number of rotatable bonds is 1. The molecule has 0 bridgehead atoms. The molecule has 3 N–H and O–H groups in total. The molecule has 1 aromatic carbocycles. The van der Waals surface area contributed by atoms with E-state index < -0.39 is 22.1 Å². The molecule has 0 spiro atoms. The standard InChI is InChI=1S/C7H8O3S.2C2H4O2/c1-6-2-4-7(5-3-6)11(8,9)10;2*1-2(3)4/h2-5H,1H3,(H,8,9,10);2*1H3,(H,3,4). The molecule has 0 radical (unpaired) electrons. The van der Waals surface area contributed by atoms with Gasteiger partial charge in [0.2, 0.25) is 0 Å². The van der Waals surface area contributed by atoms with E-state index in [4.69, 9.17) is 24.4 Å². The Hall–Kier alpha value is -1.93. The van der Waals surface area contributed by atoms with E-state index in [1.807, 2.05) is 6.92 Å². The minimum Gasteiger partial charge on any atom is -0.481 e. The van der Waals surface area contributed by atoms with Crippen LogP contribution in [0, 0.1) is 6.92 Å². The van der Waals surface area contributed by atoms with Crippen LogP contribution in [0.1, 0.15) is 19.4 Å². The third-order valence-corrected chi connectivity index (χ3v) is 2.19. The Labute approximate surface area is 111 Å². The van der Waals surface area contributed by atoms with Gasteiger partial charge in [0.1, 0.15) is 0 Å². The Kier molecular flexibility index (Phi) is 9.26. The van der Waals surface area contributed by atoms with Crippen molar-refractivity contribution in [1.82, 2.24) is 0 Å². The van der Waals surface area contributed by atoms with Gasteiger partial charge in [0.25, 0.3) is 22.1 Å². The van der Waals surface area contributed by atoms with Crippen LogP contribution in [0.3, 0.4) is 0 Å². The van der Waals surface area contributed by atoms with Crippen LogP contribution in [-0.4, -0.2) is 35.1 Å². The van der Waals surface area contributed by atoms with Gasteiger partial charge in [-0.15, -0.1) is 0 Å². The first kappa shape index (κ1) is 19.4. The van der Waals surface area contributed by atoms with Crippen molar-refractivity contribution in [1.29, 1.82) is 0 Å². The normalized spacial score (nSPS) is 9.26. The predicted molar refractivity (Wildman–Crippen MR) is 67.6 cm³/mol. The largest absolute Gasteiger partial charge is 0.481 e. The highest BCUT2D eigenvalue weighted by atomic mass is 32.2. The third kappa shape index (κ3) is 16.1. The molecule has 0 saturated carbocycles. The highest BCUT2D eigenvalue weighted by Crippen LogP contribution is 2.08. The van der Waals surface area contributed by atoms with Gasteiger partial charge in [-0.1, -0.05) is 17.7 Å². The molecule has 0 saturated heterocycles. The van der Waals surface area contributed by atoms with Crippen molar-refractivity contribution in [2.75, 3.05) is 0 Å². The molecule has 0 aliphatic carbocycles. The number of aryl methyl sites for hydroxylation is 1. The number of carboxylic acid groups (broad SMARTS) is 2. The van der Waals surface area contributed by atoms with E-state index in [9.17, 15) is 8.42 Å². The SMILES string of the molecule is CC(=O)O.CC(=O)O.Cc1ccc(S(=O)(=O)O)cc1. The molecular formula is C11H16O7S. The lowest BCUT2D eigenvalue weighted by Gasteiger charge is -1.95. The molecule has 108 valence electrons. The Morgan fingerprint density at radius 2 is 1.21 bits per heavy atom. The number of carbonyl (C=O) groups is 2. The van der Waals surface area contributed by atoms with Crippen LogP contribution in [0.2, 0.25) is 0 Å². The molecule has 1 aromatic rings. The fourth-order valence-corrected chi connectivity index (χ4v) is 1.19. The van der Waals surface area contributed by atoms with Crippen molar-refractivity contribution in [3.63, 3.8) is 0 Å². The minimum atomic E-state index is -4.02. The van der Waals surface area contributed by atoms with Gasteiger partial charge in [0.05, 0.1) is 4.90 Å². The lowest BCUT2D eigenvalue weighted by atomic mass is 10.2. The lowest BCUT2D eigenvalue weighted by Crippen LogP contribution is -1.96. The summed E-state index contributed by atoms with van der Waals surface area (Å²) < 4.78 is 29.6. The number of hydrogen-bond donors (Lipinski definition) is 3. The second-order valence-corrected chi connectivity index (χ2v) is 4.75. The second kappa shape index (κ2) is 9.06. The maximum Gasteiger partial charge on any atom is 0.300 e. The molecular weight excluding hydrogens is 276 g/mol. The predicted octanol–water partition coefficient (Wildman–Crippen LogP) is 1.42. The summed E-state index contributed by atoms with van der Waals surface area (Å²) >= 11 is 0. The van der Waals surface area contributed by atoms with Crippen molar-refractivity contribution in [3.05, 3.63) is 29.8 Å². The topological polar surface area (TPSA) is 129 Å². The first-order valence-electron chi connectivity index (χ1n) is 4.90. The van der Waals surface area contributed by atoms with Gasteiger partial charge in [-0.2, -0.15) is 8.42 Å². The average molecular weight is 292 g/mol. The molecule has 0 aromatic heterocycles. The number of carboxylic acids is 2. The van der Waals surface area contributed by atoms with Crippen LogP contribution in [0.15, 0.2) is 29.2 Å². The number of aliphatic carboxylic acids is 2.